The van der Waals surface area contributed by atoms with Crippen molar-refractivity contribution in [1.29, 1.82) is 0 Å². The molecule has 0 radical (unpaired) electrons. The van der Waals surface area contributed by atoms with Crippen molar-refractivity contribution in [1.82, 2.24) is 9.97 Å². The summed E-state index contributed by atoms with van der Waals surface area (Å²) in [7, 11) is 0. The zero-order valence-electron chi connectivity index (χ0n) is 12.9. The van der Waals surface area contributed by atoms with Crippen molar-refractivity contribution in [2.24, 2.45) is 23.5 Å². The number of para-hydroxylation sites is 1. The number of nitrogens with one attached hydrogen (secondary N) is 1. The molecule has 21 heavy (non-hydrogen) atoms. The summed E-state index contributed by atoms with van der Waals surface area (Å²) in [6.45, 7) is 6.94. The zero-order valence-corrected chi connectivity index (χ0v) is 12.9. The van der Waals surface area contributed by atoms with Crippen LogP contribution < -0.4 is 5.73 Å². The first-order chi connectivity index (χ1) is 9.97. The molecule has 1 aromatic heterocycles. The van der Waals surface area contributed by atoms with Crippen molar-refractivity contribution in [2.75, 3.05) is 0 Å². The molecule has 1 aromatic carbocycles. The van der Waals surface area contributed by atoms with Gasteiger partial charge in [0.1, 0.15) is 11.3 Å². The Labute approximate surface area is 125 Å². The van der Waals surface area contributed by atoms with Gasteiger partial charge < -0.3 is 10.7 Å². The second-order valence-corrected chi connectivity index (χ2v) is 6.74. The molecule has 112 valence electrons. The van der Waals surface area contributed by atoms with E-state index >= 15 is 0 Å². The topological polar surface area (TPSA) is 71.8 Å². The molecule has 3 N–H and O–H groups in total. The SMILES string of the molecule is CC1CC(C)C(c2nc3c(C(N)=O)cccc3[nH]2)C(C)C1. The highest BCUT2D eigenvalue weighted by Gasteiger charge is 2.34. The van der Waals surface area contributed by atoms with Crippen molar-refractivity contribution >= 4 is 16.9 Å². The Morgan fingerprint density at radius 3 is 2.52 bits per heavy atom. The molecule has 2 unspecified atom stereocenters. The summed E-state index contributed by atoms with van der Waals surface area (Å²) in [5.41, 5.74) is 7.56. The average molecular weight is 285 g/mol. The van der Waals surface area contributed by atoms with Crippen LogP contribution in [0.3, 0.4) is 0 Å². The summed E-state index contributed by atoms with van der Waals surface area (Å²) >= 11 is 0. The van der Waals surface area contributed by atoms with Crippen LogP contribution in [-0.4, -0.2) is 15.9 Å². The van der Waals surface area contributed by atoms with Gasteiger partial charge in [-0.05, 0) is 42.7 Å². The van der Waals surface area contributed by atoms with E-state index in [9.17, 15) is 4.79 Å². The van der Waals surface area contributed by atoms with Crippen molar-refractivity contribution in [3.63, 3.8) is 0 Å². The summed E-state index contributed by atoms with van der Waals surface area (Å²) in [6.07, 6.45) is 2.46. The van der Waals surface area contributed by atoms with Gasteiger partial charge >= 0.3 is 0 Å². The summed E-state index contributed by atoms with van der Waals surface area (Å²) in [6, 6.07) is 5.55. The summed E-state index contributed by atoms with van der Waals surface area (Å²) in [5, 5.41) is 0. The van der Waals surface area contributed by atoms with Gasteiger partial charge in [-0.2, -0.15) is 0 Å². The number of benzene rings is 1. The van der Waals surface area contributed by atoms with E-state index in [-0.39, 0.29) is 0 Å². The first-order valence-corrected chi connectivity index (χ1v) is 7.75. The van der Waals surface area contributed by atoms with Crippen LogP contribution >= 0.6 is 0 Å². The number of hydrogen-bond donors (Lipinski definition) is 2. The maximum absolute atomic E-state index is 11.5. The molecule has 3 rings (SSSR count). The number of rotatable bonds is 2. The number of amides is 1. The highest BCUT2D eigenvalue weighted by Crippen LogP contribution is 2.43. The number of aromatic amines is 1. The highest BCUT2D eigenvalue weighted by molar-refractivity contribution is 6.04. The molecule has 0 saturated heterocycles. The van der Waals surface area contributed by atoms with Crippen LogP contribution in [0.1, 0.15) is 55.7 Å². The molecule has 1 amide bonds. The maximum atomic E-state index is 11.5. The van der Waals surface area contributed by atoms with Gasteiger partial charge in [0.25, 0.3) is 5.91 Å². The van der Waals surface area contributed by atoms with Gasteiger partial charge in [-0.25, -0.2) is 4.98 Å². The van der Waals surface area contributed by atoms with Gasteiger partial charge in [-0.3, -0.25) is 4.79 Å². The van der Waals surface area contributed by atoms with Crippen molar-refractivity contribution in [3.8, 4) is 0 Å². The fourth-order valence-electron chi connectivity index (χ4n) is 4.17. The number of carbonyl (C=O) groups excluding carboxylic acids is 1. The summed E-state index contributed by atoms with van der Waals surface area (Å²) < 4.78 is 0. The summed E-state index contributed by atoms with van der Waals surface area (Å²) in [4.78, 5) is 19.7. The molecular weight excluding hydrogens is 262 g/mol. The summed E-state index contributed by atoms with van der Waals surface area (Å²) in [5.74, 6) is 2.98. The molecule has 0 spiro atoms. The quantitative estimate of drug-likeness (QED) is 0.887. The fraction of sp³-hybridized carbons (Fsp3) is 0.529. The third kappa shape index (κ3) is 2.43. The average Bonchev–Trinajstić information content (AvgIpc) is 2.79. The van der Waals surface area contributed by atoms with E-state index in [1.54, 1.807) is 6.07 Å². The molecule has 2 atom stereocenters. The van der Waals surface area contributed by atoms with E-state index in [2.05, 4.69) is 25.8 Å². The van der Waals surface area contributed by atoms with E-state index in [4.69, 9.17) is 10.7 Å². The molecule has 1 aliphatic carbocycles. The van der Waals surface area contributed by atoms with Crippen LogP contribution in [0.2, 0.25) is 0 Å². The van der Waals surface area contributed by atoms with Gasteiger partial charge in [0.05, 0.1) is 11.1 Å². The molecule has 0 bridgehead atoms. The van der Waals surface area contributed by atoms with Crippen LogP contribution in [0.25, 0.3) is 11.0 Å². The van der Waals surface area contributed by atoms with Crippen LogP contribution in [0, 0.1) is 17.8 Å². The molecule has 4 heteroatoms. The number of fused-ring (bicyclic) bond motifs is 1. The maximum Gasteiger partial charge on any atom is 0.250 e. The van der Waals surface area contributed by atoms with Gasteiger partial charge in [0.15, 0.2) is 0 Å². The third-order valence-corrected chi connectivity index (χ3v) is 4.89. The van der Waals surface area contributed by atoms with E-state index in [0.29, 0.717) is 28.8 Å². The first kappa shape index (κ1) is 14.1. The smallest absolute Gasteiger partial charge is 0.250 e. The minimum atomic E-state index is -0.419. The van der Waals surface area contributed by atoms with E-state index in [1.807, 2.05) is 12.1 Å². The van der Waals surface area contributed by atoms with Gasteiger partial charge in [0, 0.05) is 5.92 Å². The normalized spacial score (nSPS) is 29.7. The standard InChI is InChI=1S/C17H23N3O/c1-9-7-10(2)14(11(3)8-9)17-19-13-6-4-5-12(16(18)21)15(13)20-17/h4-6,9-11,14H,7-8H2,1-3H3,(H2,18,21)(H,19,20). The molecule has 2 aromatic rings. The lowest BCUT2D eigenvalue weighted by molar-refractivity contribution is 0.100. The van der Waals surface area contributed by atoms with Crippen LogP contribution in [0.4, 0.5) is 0 Å². The fourth-order valence-corrected chi connectivity index (χ4v) is 4.17. The Balaban J connectivity index is 2.05. The molecule has 1 aliphatic rings. The second kappa shape index (κ2) is 5.17. The number of imidazole rings is 1. The molecule has 4 nitrogen and oxygen atoms in total. The Morgan fingerprint density at radius 2 is 1.90 bits per heavy atom. The van der Waals surface area contributed by atoms with Crippen LogP contribution in [-0.2, 0) is 0 Å². The Kier molecular flexibility index (Phi) is 3.47. The number of primary amides is 1. The zero-order chi connectivity index (χ0) is 15.1. The molecule has 1 heterocycles. The number of hydrogen-bond acceptors (Lipinski definition) is 2. The second-order valence-electron chi connectivity index (χ2n) is 6.74. The largest absolute Gasteiger partial charge is 0.366 e. The monoisotopic (exact) mass is 285 g/mol. The van der Waals surface area contributed by atoms with Crippen molar-refractivity contribution < 1.29 is 4.79 Å². The van der Waals surface area contributed by atoms with E-state index in [0.717, 1.165) is 17.3 Å². The lowest BCUT2D eigenvalue weighted by Gasteiger charge is -2.36. The minimum Gasteiger partial charge on any atom is -0.366 e. The lowest BCUT2D eigenvalue weighted by atomic mass is 9.69. The Hall–Kier alpha value is -1.84. The van der Waals surface area contributed by atoms with Crippen LogP contribution in [0.15, 0.2) is 18.2 Å². The van der Waals surface area contributed by atoms with Gasteiger partial charge in [-0.1, -0.05) is 26.8 Å². The van der Waals surface area contributed by atoms with Crippen molar-refractivity contribution in [3.05, 3.63) is 29.6 Å². The number of H-pyrrole nitrogens is 1. The van der Waals surface area contributed by atoms with Gasteiger partial charge in [-0.15, -0.1) is 0 Å². The molecule has 1 fully saturated rings. The van der Waals surface area contributed by atoms with Crippen molar-refractivity contribution in [2.45, 2.75) is 39.5 Å². The minimum absolute atomic E-state index is 0.419. The molecular formula is C17H23N3O. The number of carbonyl (C=O) groups is 1. The lowest BCUT2D eigenvalue weighted by Crippen LogP contribution is -2.27. The molecule has 1 saturated carbocycles. The Bertz CT molecular complexity index is 664. The van der Waals surface area contributed by atoms with E-state index < -0.39 is 5.91 Å². The number of nitrogens with two attached hydrogens (primary N) is 1. The third-order valence-electron chi connectivity index (χ3n) is 4.89. The van der Waals surface area contributed by atoms with Gasteiger partial charge in [0.2, 0.25) is 0 Å². The highest BCUT2D eigenvalue weighted by atomic mass is 16.1. The predicted molar refractivity (Wildman–Crippen MR) is 84.1 cm³/mol. The predicted octanol–water partition coefficient (Wildman–Crippen LogP) is 3.45. The first-order valence-electron chi connectivity index (χ1n) is 7.75. The number of aromatic nitrogens is 2. The van der Waals surface area contributed by atoms with Crippen LogP contribution in [0.5, 0.6) is 0 Å². The number of nitrogens with zero attached hydrogens (tertiary/aromatic N) is 1. The molecule has 0 aliphatic heterocycles. The Morgan fingerprint density at radius 1 is 1.24 bits per heavy atom. The van der Waals surface area contributed by atoms with E-state index in [1.165, 1.54) is 12.8 Å².